The van der Waals surface area contributed by atoms with E-state index in [-0.39, 0.29) is 6.15 Å². The minimum Gasteiger partial charge on any atom is -0.487 e. The summed E-state index contributed by atoms with van der Waals surface area (Å²) < 4.78 is 67.0. The predicted molar refractivity (Wildman–Crippen MR) is 86.7 cm³/mol. The SMILES string of the molecule is [NH4+].[O-][Cl+3]([O-])([O-])[O-].c1ccc2c(c1)OCCOCCOCCOCCOCCO2. The van der Waals surface area contributed by atoms with Crippen LogP contribution in [0.25, 0.3) is 0 Å². The molecule has 2 rings (SSSR count). The lowest BCUT2D eigenvalue weighted by atomic mass is 10.3. The topological polar surface area (TPSA) is 184 Å². The smallest absolute Gasteiger partial charge is 0.161 e. The molecule has 1 aromatic carbocycles. The average Bonchev–Trinajstić information content (AvgIpc) is 2.60. The van der Waals surface area contributed by atoms with Crippen molar-refractivity contribution >= 4 is 0 Å². The predicted octanol–water partition coefficient (Wildman–Crippen LogP) is -2.86. The Balaban J connectivity index is 0.00000108. The van der Waals surface area contributed by atoms with E-state index >= 15 is 0 Å². The van der Waals surface area contributed by atoms with E-state index in [1.165, 1.54) is 0 Å². The maximum Gasteiger partial charge on any atom is 0.161 e. The number of ether oxygens (including phenoxy) is 6. The number of hydrogen-bond acceptors (Lipinski definition) is 10. The molecule has 11 nitrogen and oxygen atoms in total. The standard InChI is InChI=1S/C16H24O6.ClHO4.H3N/c1-2-4-16-15(3-1)21-13-11-19-9-7-17-5-6-18-8-10-20-12-14-22-16;2-1(3,4)5;/h1-4H,5-14H2;(H,2,3,4,5);1H3. The fourth-order valence-electron chi connectivity index (χ4n) is 1.87. The zero-order valence-corrected chi connectivity index (χ0v) is 16.6. The molecule has 1 heterocycles. The van der Waals surface area contributed by atoms with Gasteiger partial charge in [0.25, 0.3) is 0 Å². The zero-order valence-electron chi connectivity index (χ0n) is 15.8. The second-order valence-electron chi connectivity index (χ2n) is 4.97. The number of hydrogen-bond donors (Lipinski definition) is 1. The van der Waals surface area contributed by atoms with E-state index in [0.29, 0.717) is 77.6 Å². The number of quaternary nitrogens is 1. The first-order valence-corrected chi connectivity index (χ1v) is 9.47. The van der Waals surface area contributed by atoms with Crippen molar-refractivity contribution in [2.24, 2.45) is 0 Å². The minimum absolute atomic E-state index is 0. The van der Waals surface area contributed by atoms with Gasteiger partial charge in [0.15, 0.2) is 11.5 Å². The molecule has 0 fully saturated rings. The highest BCUT2D eigenvalue weighted by Gasteiger charge is 2.04. The molecule has 0 aromatic heterocycles. The van der Waals surface area contributed by atoms with E-state index in [1.54, 1.807) is 0 Å². The summed E-state index contributed by atoms with van der Waals surface area (Å²) in [6.07, 6.45) is 0. The van der Waals surface area contributed by atoms with Crippen LogP contribution in [0, 0.1) is 10.2 Å². The van der Waals surface area contributed by atoms with Crippen LogP contribution >= 0.6 is 0 Å². The Labute approximate surface area is 166 Å². The monoisotopic (exact) mass is 429 g/mol. The first-order chi connectivity index (χ1) is 13.0. The Bertz CT molecular complexity index is 446. The summed E-state index contributed by atoms with van der Waals surface area (Å²) in [5, 5.41) is 0. The van der Waals surface area contributed by atoms with Crippen LogP contribution in [-0.4, -0.2) is 66.1 Å². The molecular weight excluding hydrogens is 402 g/mol. The highest BCUT2D eigenvalue weighted by atomic mass is 35.7. The van der Waals surface area contributed by atoms with Crippen molar-refractivity contribution in [3.8, 4) is 11.5 Å². The largest absolute Gasteiger partial charge is 0.487 e. The van der Waals surface area contributed by atoms with Crippen LogP contribution in [0.2, 0.25) is 0 Å². The maximum absolute atomic E-state index is 8.49. The van der Waals surface area contributed by atoms with Crippen LogP contribution < -0.4 is 34.3 Å². The third-order valence-electron chi connectivity index (χ3n) is 2.94. The van der Waals surface area contributed by atoms with Gasteiger partial charge < -0.3 is 34.6 Å². The average molecular weight is 430 g/mol. The van der Waals surface area contributed by atoms with Crippen molar-refractivity contribution in [3.63, 3.8) is 0 Å². The highest BCUT2D eigenvalue weighted by molar-refractivity contribution is 5.39. The summed E-state index contributed by atoms with van der Waals surface area (Å²) in [7, 11) is -4.94. The van der Waals surface area contributed by atoms with Gasteiger partial charge in [-0.05, 0) is 12.1 Å². The van der Waals surface area contributed by atoms with Crippen molar-refractivity contribution in [2.75, 3.05) is 66.1 Å². The molecule has 0 saturated carbocycles. The minimum atomic E-state index is -4.94. The van der Waals surface area contributed by atoms with Crippen LogP contribution in [0.15, 0.2) is 24.3 Å². The fraction of sp³-hybridized carbons (Fsp3) is 0.625. The summed E-state index contributed by atoms with van der Waals surface area (Å²) >= 11 is 0. The number of halogens is 1. The van der Waals surface area contributed by atoms with E-state index in [1.807, 2.05) is 24.3 Å². The molecule has 0 amide bonds. The molecule has 4 N–H and O–H groups in total. The number of benzene rings is 1. The van der Waals surface area contributed by atoms with E-state index in [2.05, 4.69) is 0 Å². The van der Waals surface area contributed by atoms with Gasteiger partial charge >= 0.3 is 0 Å². The van der Waals surface area contributed by atoms with Crippen molar-refractivity contribution in [1.82, 2.24) is 6.15 Å². The van der Waals surface area contributed by atoms with Gasteiger partial charge in [-0.2, -0.15) is 0 Å². The summed E-state index contributed by atoms with van der Waals surface area (Å²) in [4.78, 5) is 0. The second-order valence-corrected chi connectivity index (χ2v) is 5.73. The molecule has 1 aromatic rings. The van der Waals surface area contributed by atoms with Crippen molar-refractivity contribution < 1.29 is 57.3 Å². The molecule has 164 valence electrons. The lowest BCUT2D eigenvalue weighted by Gasteiger charge is -2.17. The van der Waals surface area contributed by atoms with Gasteiger partial charge in [-0.25, -0.2) is 18.6 Å². The highest BCUT2D eigenvalue weighted by Crippen LogP contribution is 2.26. The molecular formula is C16H28ClNO10. The van der Waals surface area contributed by atoms with Crippen LogP contribution in [0.1, 0.15) is 0 Å². The van der Waals surface area contributed by atoms with Gasteiger partial charge in [0.05, 0.1) is 52.9 Å². The van der Waals surface area contributed by atoms with E-state index in [0.717, 1.165) is 0 Å². The Morgan fingerprint density at radius 2 is 0.786 bits per heavy atom. The molecule has 0 atom stereocenters. The van der Waals surface area contributed by atoms with Crippen LogP contribution in [0.3, 0.4) is 0 Å². The van der Waals surface area contributed by atoms with E-state index < -0.39 is 10.2 Å². The lowest BCUT2D eigenvalue weighted by molar-refractivity contribution is -2.00. The summed E-state index contributed by atoms with van der Waals surface area (Å²) in [6, 6.07) is 7.59. The molecule has 0 radical (unpaired) electrons. The van der Waals surface area contributed by atoms with Gasteiger partial charge in [-0.1, -0.05) is 12.1 Å². The molecule has 0 saturated heterocycles. The van der Waals surface area contributed by atoms with E-state index in [9.17, 15) is 0 Å². The fourth-order valence-corrected chi connectivity index (χ4v) is 1.87. The Kier molecular flexibility index (Phi) is 15.9. The summed E-state index contributed by atoms with van der Waals surface area (Å²) in [5.74, 6) is 1.43. The van der Waals surface area contributed by atoms with E-state index in [4.69, 9.17) is 47.1 Å². The molecule has 1 aliphatic rings. The van der Waals surface area contributed by atoms with Crippen LogP contribution in [0.5, 0.6) is 11.5 Å². The molecule has 0 spiro atoms. The Morgan fingerprint density at radius 1 is 0.536 bits per heavy atom. The Hall–Kier alpha value is -1.25. The number of fused-ring (bicyclic) bond motifs is 1. The molecule has 1 aliphatic heterocycles. The number of para-hydroxylation sites is 2. The molecule has 12 heteroatoms. The first-order valence-electron chi connectivity index (χ1n) is 8.24. The molecule has 0 aliphatic carbocycles. The van der Waals surface area contributed by atoms with Gasteiger partial charge in [0.2, 0.25) is 0 Å². The quantitative estimate of drug-likeness (QED) is 0.449. The first kappa shape index (κ1) is 26.8. The van der Waals surface area contributed by atoms with Crippen molar-refractivity contribution in [3.05, 3.63) is 24.3 Å². The van der Waals surface area contributed by atoms with Gasteiger partial charge in [0.1, 0.15) is 13.2 Å². The zero-order chi connectivity index (χ0) is 19.8. The van der Waals surface area contributed by atoms with Gasteiger partial charge in [0, 0.05) is 0 Å². The maximum atomic E-state index is 8.49. The Morgan fingerprint density at radius 3 is 1.07 bits per heavy atom. The second kappa shape index (κ2) is 16.7. The van der Waals surface area contributed by atoms with Crippen molar-refractivity contribution in [2.45, 2.75) is 0 Å². The van der Waals surface area contributed by atoms with Crippen LogP contribution in [-0.2, 0) is 18.9 Å². The molecule has 28 heavy (non-hydrogen) atoms. The molecule has 0 bridgehead atoms. The summed E-state index contributed by atoms with van der Waals surface area (Å²) in [5.41, 5.74) is 0. The van der Waals surface area contributed by atoms with Crippen molar-refractivity contribution in [1.29, 1.82) is 0 Å². The third kappa shape index (κ3) is 16.9. The lowest BCUT2D eigenvalue weighted by Crippen LogP contribution is -2.68. The van der Waals surface area contributed by atoms with Crippen LogP contribution in [0.4, 0.5) is 0 Å². The normalized spacial score (nSPS) is 17.7. The van der Waals surface area contributed by atoms with Gasteiger partial charge in [-0.15, -0.1) is 10.2 Å². The summed E-state index contributed by atoms with van der Waals surface area (Å²) in [6.45, 7) is 5.30. The number of rotatable bonds is 0. The van der Waals surface area contributed by atoms with Gasteiger partial charge in [-0.3, -0.25) is 0 Å². The molecule has 0 unspecified atom stereocenters. The third-order valence-corrected chi connectivity index (χ3v) is 2.94.